The summed E-state index contributed by atoms with van der Waals surface area (Å²) >= 11 is 0. The molecule has 1 aromatic carbocycles. The van der Waals surface area contributed by atoms with Crippen LogP contribution in [0.2, 0.25) is 25.7 Å². The molecule has 17 heavy (non-hydrogen) atoms. The molecule has 1 aromatic rings. The van der Waals surface area contributed by atoms with Crippen LogP contribution in [-0.2, 0) is 5.41 Å². The van der Waals surface area contributed by atoms with E-state index >= 15 is 0 Å². The number of benzene rings is 1. The van der Waals surface area contributed by atoms with Crippen molar-refractivity contribution < 1.29 is 4.79 Å². The Morgan fingerprint density at radius 3 is 1.88 bits per heavy atom. The summed E-state index contributed by atoms with van der Waals surface area (Å²) in [5.41, 5.74) is 2.29. The van der Waals surface area contributed by atoms with Gasteiger partial charge in [-0.15, -0.1) is 0 Å². The molecule has 0 aromatic heterocycles. The topological polar surface area (TPSA) is 17.1 Å². The van der Waals surface area contributed by atoms with E-state index in [2.05, 4.69) is 52.5 Å². The van der Waals surface area contributed by atoms with Crippen molar-refractivity contribution in [2.75, 3.05) is 0 Å². The zero-order valence-corrected chi connectivity index (χ0v) is 12.9. The smallest absolute Gasteiger partial charge is 0.160 e. The molecule has 0 aliphatic carbocycles. The lowest BCUT2D eigenvalue weighted by Crippen LogP contribution is -2.24. The predicted octanol–water partition coefficient (Wildman–Crippen LogP) is 4.51. The maximum Gasteiger partial charge on any atom is 0.160 e. The van der Waals surface area contributed by atoms with Crippen LogP contribution in [0.3, 0.4) is 0 Å². The molecule has 0 atom stereocenters. The van der Waals surface area contributed by atoms with Crippen LogP contribution in [-0.4, -0.2) is 13.9 Å². The Hall–Kier alpha value is -0.893. The molecular weight excluding hydrogens is 224 g/mol. The third-order valence-corrected chi connectivity index (χ3v) is 4.15. The van der Waals surface area contributed by atoms with Gasteiger partial charge in [-0.1, -0.05) is 64.7 Å². The van der Waals surface area contributed by atoms with Crippen molar-refractivity contribution in [1.29, 1.82) is 0 Å². The molecule has 0 radical (unpaired) electrons. The van der Waals surface area contributed by atoms with Gasteiger partial charge in [0.1, 0.15) is 0 Å². The molecule has 0 fully saturated rings. The Kier molecular flexibility index (Phi) is 3.98. The Morgan fingerprint density at radius 1 is 1.06 bits per heavy atom. The van der Waals surface area contributed by atoms with Crippen molar-refractivity contribution in [3.8, 4) is 0 Å². The van der Waals surface area contributed by atoms with Crippen LogP contribution in [0.1, 0.15) is 36.7 Å². The molecule has 0 unspecified atom stereocenters. The summed E-state index contributed by atoms with van der Waals surface area (Å²) in [6, 6.07) is 8.85. The highest BCUT2D eigenvalue weighted by molar-refractivity contribution is 6.79. The molecule has 1 nitrogen and oxygen atoms in total. The highest BCUT2D eigenvalue weighted by Crippen LogP contribution is 2.23. The first-order chi connectivity index (χ1) is 7.59. The normalized spacial score (nSPS) is 12.6. The minimum Gasteiger partial charge on any atom is -0.295 e. The molecular formula is C15H24OSi. The van der Waals surface area contributed by atoms with Crippen LogP contribution in [0.5, 0.6) is 0 Å². The zero-order valence-electron chi connectivity index (χ0n) is 11.9. The van der Waals surface area contributed by atoms with E-state index in [0.717, 1.165) is 11.6 Å². The van der Waals surface area contributed by atoms with E-state index in [0.29, 0.717) is 5.78 Å². The van der Waals surface area contributed by atoms with Crippen molar-refractivity contribution in [2.24, 2.45) is 0 Å². The first-order valence-corrected chi connectivity index (χ1v) is 9.94. The van der Waals surface area contributed by atoms with E-state index in [1.807, 2.05) is 12.1 Å². The minimum atomic E-state index is -1.30. The molecule has 0 bridgehead atoms. The number of carbonyl (C=O) groups excluding carboxylic acids is 1. The van der Waals surface area contributed by atoms with Crippen LogP contribution in [0, 0.1) is 0 Å². The van der Waals surface area contributed by atoms with E-state index in [4.69, 9.17) is 0 Å². The van der Waals surface area contributed by atoms with E-state index in [1.165, 1.54) is 5.56 Å². The Morgan fingerprint density at radius 2 is 1.53 bits per heavy atom. The van der Waals surface area contributed by atoms with E-state index in [-0.39, 0.29) is 5.41 Å². The second-order valence-corrected chi connectivity index (χ2v) is 12.5. The quantitative estimate of drug-likeness (QED) is 0.568. The fourth-order valence-electron chi connectivity index (χ4n) is 1.74. The fraction of sp³-hybridized carbons (Fsp3) is 0.533. The molecule has 0 N–H and O–H groups in total. The average Bonchev–Trinajstić information content (AvgIpc) is 2.14. The molecule has 0 aliphatic heterocycles. The number of carbonyl (C=O) groups is 1. The van der Waals surface area contributed by atoms with Gasteiger partial charge in [0.25, 0.3) is 0 Å². The van der Waals surface area contributed by atoms with E-state index < -0.39 is 8.07 Å². The Labute approximate surface area is 106 Å². The third-order valence-electron chi connectivity index (χ3n) is 2.76. The number of hydrogen-bond acceptors (Lipinski definition) is 1. The standard InChI is InChI=1S/C15H24OSi/c1-15(2,3)13-9-7-12(8-10-13)14(16)11-17(4,5)6/h7-10H,11H2,1-6H3. The van der Waals surface area contributed by atoms with Crippen molar-refractivity contribution in [2.45, 2.75) is 51.9 Å². The van der Waals surface area contributed by atoms with Crippen molar-refractivity contribution >= 4 is 13.9 Å². The Balaban J connectivity index is 2.85. The van der Waals surface area contributed by atoms with Crippen LogP contribution in [0.15, 0.2) is 24.3 Å². The summed E-state index contributed by atoms with van der Waals surface area (Å²) in [4.78, 5) is 12.1. The summed E-state index contributed by atoms with van der Waals surface area (Å²) in [6.45, 7) is 13.3. The van der Waals surface area contributed by atoms with Gasteiger partial charge in [0.15, 0.2) is 5.78 Å². The largest absolute Gasteiger partial charge is 0.295 e. The number of Topliss-reactive ketones (excluding diaryl/α,β-unsaturated/α-hetero) is 1. The van der Waals surface area contributed by atoms with Gasteiger partial charge in [0.05, 0.1) is 8.07 Å². The maximum absolute atomic E-state index is 12.1. The monoisotopic (exact) mass is 248 g/mol. The summed E-state index contributed by atoms with van der Waals surface area (Å²) < 4.78 is 0. The van der Waals surface area contributed by atoms with Crippen LogP contribution < -0.4 is 0 Å². The number of ketones is 1. The molecule has 0 spiro atoms. The van der Waals surface area contributed by atoms with Crippen molar-refractivity contribution in [1.82, 2.24) is 0 Å². The molecule has 94 valence electrons. The third kappa shape index (κ3) is 4.47. The lowest BCUT2D eigenvalue weighted by Gasteiger charge is -2.19. The van der Waals surface area contributed by atoms with Gasteiger partial charge < -0.3 is 0 Å². The predicted molar refractivity (Wildman–Crippen MR) is 77.6 cm³/mol. The highest BCUT2D eigenvalue weighted by Gasteiger charge is 2.20. The summed E-state index contributed by atoms with van der Waals surface area (Å²) in [6.07, 6.45) is 0. The number of hydrogen-bond donors (Lipinski definition) is 0. The van der Waals surface area contributed by atoms with Crippen molar-refractivity contribution in [3.63, 3.8) is 0 Å². The SMILES string of the molecule is CC(C)(C)c1ccc(C(=O)C[Si](C)(C)C)cc1. The summed E-state index contributed by atoms with van der Waals surface area (Å²) in [7, 11) is -1.30. The second kappa shape index (κ2) is 4.77. The second-order valence-electron chi connectivity index (χ2n) is 6.99. The fourth-order valence-corrected chi connectivity index (χ4v) is 2.91. The van der Waals surface area contributed by atoms with Gasteiger partial charge in [-0.05, 0) is 11.0 Å². The molecule has 1 rings (SSSR count). The molecule has 0 heterocycles. The zero-order chi connectivity index (χ0) is 13.3. The summed E-state index contributed by atoms with van der Waals surface area (Å²) in [5.74, 6) is 0.296. The van der Waals surface area contributed by atoms with Gasteiger partial charge in [-0.3, -0.25) is 4.79 Å². The maximum atomic E-state index is 12.1. The molecule has 0 aliphatic rings. The van der Waals surface area contributed by atoms with Gasteiger partial charge >= 0.3 is 0 Å². The van der Waals surface area contributed by atoms with Gasteiger partial charge in [0.2, 0.25) is 0 Å². The van der Waals surface area contributed by atoms with Crippen LogP contribution in [0.4, 0.5) is 0 Å². The first kappa shape index (κ1) is 14.2. The van der Waals surface area contributed by atoms with Gasteiger partial charge in [-0.25, -0.2) is 0 Å². The van der Waals surface area contributed by atoms with Crippen LogP contribution in [0.25, 0.3) is 0 Å². The molecule has 2 heteroatoms. The van der Waals surface area contributed by atoms with Crippen molar-refractivity contribution in [3.05, 3.63) is 35.4 Å². The highest BCUT2D eigenvalue weighted by atomic mass is 28.3. The summed E-state index contributed by atoms with van der Waals surface area (Å²) in [5, 5.41) is 0. The van der Waals surface area contributed by atoms with Gasteiger partial charge in [0, 0.05) is 11.6 Å². The average molecular weight is 248 g/mol. The Bertz CT molecular complexity index is 390. The van der Waals surface area contributed by atoms with E-state index in [1.54, 1.807) is 0 Å². The lowest BCUT2D eigenvalue weighted by molar-refractivity contribution is 0.101. The minimum absolute atomic E-state index is 0.153. The molecule has 0 saturated carbocycles. The lowest BCUT2D eigenvalue weighted by atomic mass is 9.86. The van der Waals surface area contributed by atoms with Crippen LogP contribution >= 0.6 is 0 Å². The molecule has 0 saturated heterocycles. The first-order valence-electron chi connectivity index (χ1n) is 6.23. The molecule has 0 amide bonds. The number of rotatable bonds is 3. The van der Waals surface area contributed by atoms with E-state index in [9.17, 15) is 4.79 Å². The van der Waals surface area contributed by atoms with Gasteiger partial charge in [-0.2, -0.15) is 0 Å².